The van der Waals surface area contributed by atoms with E-state index in [9.17, 15) is 14.9 Å². The monoisotopic (exact) mass is 292 g/mol. The molecule has 3 N–H and O–H groups in total. The van der Waals surface area contributed by atoms with Crippen LogP contribution in [0.15, 0.2) is 18.2 Å². The average Bonchev–Trinajstić information content (AvgIpc) is 2.47. The molecule has 0 saturated carbocycles. The first-order valence-electron chi connectivity index (χ1n) is 7.13. The van der Waals surface area contributed by atoms with Gasteiger partial charge >= 0.3 is 0 Å². The SMILES string of the molecule is Nc1cc(NCCC(=O)N2CCCCC2)ccc1[N+](=O)[O-]. The number of hydrogen-bond donors (Lipinski definition) is 2. The Morgan fingerprint density at radius 1 is 1.33 bits per heavy atom. The Morgan fingerprint density at radius 2 is 2.05 bits per heavy atom. The van der Waals surface area contributed by atoms with E-state index in [0.29, 0.717) is 18.7 Å². The number of carbonyl (C=O) groups excluding carboxylic acids is 1. The lowest BCUT2D eigenvalue weighted by Gasteiger charge is -2.26. The number of carbonyl (C=O) groups is 1. The minimum absolute atomic E-state index is 0.107. The summed E-state index contributed by atoms with van der Waals surface area (Å²) in [6.45, 7) is 2.19. The number of nitrogens with zero attached hydrogens (tertiary/aromatic N) is 2. The molecule has 0 bridgehead atoms. The van der Waals surface area contributed by atoms with Crippen molar-refractivity contribution < 1.29 is 9.72 Å². The Labute approximate surface area is 123 Å². The number of nitrogens with two attached hydrogens (primary N) is 1. The molecule has 1 amide bonds. The second kappa shape index (κ2) is 6.92. The summed E-state index contributed by atoms with van der Waals surface area (Å²) in [5.74, 6) is 0.150. The van der Waals surface area contributed by atoms with Crippen LogP contribution in [0.5, 0.6) is 0 Å². The van der Waals surface area contributed by atoms with E-state index in [0.717, 1.165) is 25.9 Å². The van der Waals surface area contributed by atoms with Gasteiger partial charge in [0, 0.05) is 37.8 Å². The van der Waals surface area contributed by atoms with Crippen molar-refractivity contribution in [1.82, 2.24) is 4.90 Å². The standard InChI is InChI=1S/C14H20N4O3/c15-12-10-11(4-5-13(12)18(20)21)16-7-6-14(19)17-8-2-1-3-9-17/h4-5,10,16H,1-3,6-9,15H2. The molecule has 0 atom stereocenters. The van der Waals surface area contributed by atoms with Gasteiger partial charge in [-0.05, 0) is 31.4 Å². The molecular formula is C14H20N4O3. The van der Waals surface area contributed by atoms with Crippen LogP contribution < -0.4 is 11.1 Å². The quantitative estimate of drug-likeness (QED) is 0.491. The molecule has 1 aliphatic heterocycles. The lowest BCUT2D eigenvalue weighted by Crippen LogP contribution is -2.36. The third-order valence-electron chi connectivity index (χ3n) is 3.60. The Bertz CT molecular complexity index is 527. The summed E-state index contributed by atoms with van der Waals surface area (Å²) in [4.78, 5) is 24.0. The van der Waals surface area contributed by atoms with Crippen molar-refractivity contribution in [2.45, 2.75) is 25.7 Å². The van der Waals surface area contributed by atoms with Crippen molar-refractivity contribution in [3.63, 3.8) is 0 Å². The van der Waals surface area contributed by atoms with E-state index in [1.165, 1.54) is 18.6 Å². The molecule has 0 unspecified atom stereocenters. The molecule has 1 aromatic carbocycles. The van der Waals surface area contributed by atoms with Crippen molar-refractivity contribution in [3.05, 3.63) is 28.3 Å². The molecule has 0 aromatic heterocycles. The van der Waals surface area contributed by atoms with Crippen molar-refractivity contribution in [3.8, 4) is 0 Å². The summed E-state index contributed by atoms with van der Waals surface area (Å²) in [6.07, 6.45) is 3.77. The Balaban J connectivity index is 1.81. The van der Waals surface area contributed by atoms with Crippen molar-refractivity contribution in [1.29, 1.82) is 0 Å². The van der Waals surface area contributed by atoms with Crippen molar-refractivity contribution in [2.24, 2.45) is 0 Å². The summed E-state index contributed by atoms with van der Waals surface area (Å²) in [7, 11) is 0. The number of likely N-dealkylation sites (tertiary alicyclic amines) is 1. The van der Waals surface area contributed by atoms with Gasteiger partial charge in [0.05, 0.1) is 4.92 Å². The van der Waals surface area contributed by atoms with Crippen LogP contribution in [0.4, 0.5) is 17.1 Å². The summed E-state index contributed by atoms with van der Waals surface area (Å²) in [5.41, 5.74) is 6.31. The number of amides is 1. The van der Waals surface area contributed by atoms with E-state index in [1.807, 2.05) is 4.90 Å². The van der Waals surface area contributed by atoms with Crippen LogP contribution in [0.3, 0.4) is 0 Å². The van der Waals surface area contributed by atoms with Gasteiger partial charge in [0.25, 0.3) is 5.69 Å². The second-order valence-electron chi connectivity index (χ2n) is 5.15. The first-order chi connectivity index (χ1) is 10.1. The van der Waals surface area contributed by atoms with Crippen LogP contribution in [0, 0.1) is 10.1 Å². The van der Waals surface area contributed by atoms with E-state index in [1.54, 1.807) is 6.07 Å². The zero-order valence-electron chi connectivity index (χ0n) is 11.9. The van der Waals surface area contributed by atoms with Gasteiger partial charge in [-0.2, -0.15) is 0 Å². The lowest BCUT2D eigenvalue weighted by molar-refractivity contribution is -0.383. The summed E-state index contributed by atoms with van der Waals surface area (Å²) >= 11 is 0. The van der Waals surface area contributed by atoms with Crippen LogP contribution in [0.1, 0.15) is 25.7 Å². The van der Waals surface area contributed by atoms with Gasteiger partial charge < -0.3 is 16.0 Å². The van der Waals surface area contributed by atoms with Crippen LogP contribution in [-0.2, 0) is 4.79 Å². The van der Waals surface area contributed by atoms with E-state index >= 15 is 0 Å². The molecule has 1 heterocycles. The minimum atomic E-state index is -0.515. The summed E-state index contributed by atoms with van der Waals surface area (Å²) in [5, 5.41) is 13.7. The predicted octanol–water partition coefficient (Wildman–Crippen LogP) is 1.99. The molecule has 1 aliphatic rings. The Kier molecular flexibility index (Phi) is 4.97. The zero-order valence-corrected chi connectivity index (χ0v) is 11.9. The number of piperidine rings is 1. The van der Waals surface area contributed by atoms with Crippen LogP contribution in [0.2, 0.25) is 0 Å². The Morgan fingerprint density at radius 3 is 2.67 bits per heavy atom. The molecule has 7 nitrogen and oxygen atoms in total. The highest BCUT2D eigenvalue weighted by atomic mass is 16.6. The van der Waals surface area contributed by atoms with Gasteiger partial charge in [-0.25, -0.2) is 0 Å². The van der Waals surface area contributed by atoms with Gasteiger partial charge in [-0.1, -0.05) is 0 Å². The maximum absolute atomic E-state index is 12.0. The number of anilines is 2. The Hall–Kier alpha value is -2.31. The minimum Gasteiger partial charge on any atom is -0.393 e. The first-order valence-corrected chi connectivity index (χ1v) is 7.13. The van der Waals surface area contributed by atoms with E-state index < -0.39 is 4.92 Å². The normalized spacial score (nSPS) is 14.8. The fraction of sp³-hybridized carbons (Fsp3) is 0.500. The predicted molar refractivity (Wildman–Crippen MR) is 81.0 cm³/mol. The first kappa shape index (κ1) is 15.1. The zero-order chi connectivity index (χ0) is 15.2. The van der Waals surface area contributed by atoms with Crippen LogP contribution >= 0.6 is 0 Å². The number of benzene rings is 1. The molecule has 21 heavy (non-hydrogen) atoms. The maximum Gasteiger partial charge on any atom is 0.292 e. The molecule has 1 saturated heterocycles. The van der Waals surface area contributed by atoms with Crippen molar-refractivity contribution in [2.75, 3.05) is 30.7 Å². The highest BCUT2D eigenvalue weighted by Crippen LogP contribution is 2.24. The fourth-order valence-corrected chi connectivity index (χ4v) is 2.45. The number of nitrogen functional groups attached to an aromatic ring is 1. The number of hydrogen-bond acceptors (Lipinski definition) is 5. The molecule has 0 radical (unpaired) electrons. The topological polar surface area (TPSA) is 102 Å². The van der Waals surface area contributed by atoms with E-state index in [2.05, 4.69) is 5.32 Å². The molecule has 1 aromatic rings. The molecular weight excluding hydrogens is 272 g/mol. The lowest BCUT2D eigenvalue weighted by atomic mass is 10.1. The molecule has 7 heteroatoms. The number of nitro groups is 1. The largest absolute Gasteiger partial charge is 0.393 e. The van der Waals surface area contributed by atoms with Gasteiger partial charge in [-0.3, -0.25) is 14.9 Å². The van der Waals surface area contributed by atoms with Gasteiger partial charge in [-0.15, -0.1) is 0 Å². The fourth-order valence-electron chi connectivity index (χ4n) is 2.45. The summed E-state index contributed by atoms with van der Waals surface area (Å²) in [6, 6.07) is 4.48. The number of nitrogens with one attached hydrogen (secondary N) is 1. The number of rotatable bonds is 5. The third-order valence-corrected chi connectivity index (χ3v) is 3.60. The number of nitro benzene ring substituents is 1. The highest BCUT2D eigenvalue weighted by molar-refractivity contribution is 5.77. The summed E-state index contributed by atoms with van der Waals surface area (Å²) < 4.78 is 0. The van der Waals surface area contributed by atoms with Crippen molar-refractivity contribution >= 4 is 23.0 Å². The van der Waals surface area contributed by atoms with Gasteiger partial charge in [0.2, 0.25) is 5.91 Å². The average molecular weight is 292 g/mol. The van der Waals surface area contributed by atoms with E-state index in [4.69, 9.17) is 5.73 Å². The third kappa shape index (κ3) is 4.08. The van der Waals surface area contributed by atoms with Gasteiger partial charge in [0.1, 0.15) is 5.69 Å². The highest BCUT2D eigenvalue weighted by Gasteiger charge is 2.16. The maximum atomic E-state index is 12.0. The molecule has 1 fully saturated rings. The molecule has 0 aliphatic carbocycles. The molecule has 0 spiro atoms. The van der Waals surface area contributed by atoms with Crippen LogP contribution in [0.25, 0.3) is 0 Å². The van der Waals surface area contributed by atoms with Crippen LogP contribution in [-0.4, -0.2) is 35.4 Å². The van der Waals surface area contributed by atoms with Gasteiger partial charge in [0.15, 0.2) is 0 Å². The molecule has 114 valence electrons. The molecule has 2 rings (SSSR count). The van der Waals surface area contributed by atoms with E-state index in [-0.39, 0.29) is 17.3 Å². The second-order valence-corrected chi connectivity index (χ2v) is 5.15. The smallest absolute Gasteiger partial charge is 0.292 e.